The first-order valence-electron chi connectivity index (χ1n) is 9.27. The predicted octanol–water partition coefficient (Wildman–Crippen LogP) is 2.93. The summed E-state index contributed by atoms with van der Waals surface area (Å²) in [5.41, 5.74) is 3.02. The minimum Gasteiger partial charge on any atom is -0.497 e. The summed E-state index contributed by atoms with van der Waals surface area (Å²) in [6.07, 6.45) is 0. The number of rotatable bonds is 5. The van der Waals surface area contributed by atoms with Crippen molar-refractivity contribution in [2.45, 2.75) is 12.0 Å². The summed E-state index contributed by atoms with van der Waals surface area (Å²) < 4.78 is 5.27. The van der Waals surface area contributed by atoms with Gasteiger partial charge >= 0.3 is 0 Å². The van der Waals surface area contributed by atoms with E-state index in [9.17, 15) is 4.79 Å². The van der Waals surface area contributed by atoms with Gasteiger partial charge < -0.3 is 19.4 Å². The molecular formula is C22H29N3O2. The lowest BCUT2D eigenvalue weighted by Crippen LogP contribution is -2.35. The summed E-state index contributed by atoms with van der Waals surface area (Å²) >= 11 is 0. The molecule has 1 aliphatic rings. The molecule has 27 heavy (non-hydrogen) atoms. The summed E-state index contributed by atoms with van der Waals surface area (Å²) in [6.45, 7) is 1.45. The number of ether oxygens (including phenoxy) is 1. The molecule has 3 rings (SSSR count). The molecule has 1 saturated heterocycles. The number of amides is 1. The van der Waals surface area contributed by atoms with Gasteiger partial charge in [0, 0.05) is 50.4 Å². The Kier molecular flexibility index (Phi) is 5.71. The summed E-state index contributed by atoms with van der Waals surface area (Å²) in [4.78, 5) is 19.4. The first kappa shape index (κ1) is 19.2. The Morgan fingerprint density at radius 3 is 2.33 bits per heavy atom. The number of likely N-dealkylation sites (N-methyl/N-ethyl adjacent to an activating group) is 1. The number of anilines is 1. The van der Waals surface area contributed by atoms with Gasteiger partial charge in [-0.3, -0.25) is 4.79 Å². The minimum absolute atomic E-state index is 0.0987. The molecule has 0 saturated carbocycles. The topological polar surface area (TPSA) is 36.0 Å². The van der Waals surface area contributed by atoms with Crippen LogP contribution in [-0.4, -0.2) is 70.1 Å². The zero-order valence-corrected chi connectivity index (χ0v) is 16.8. The van der Waals surface area contributed by atoms with Crippen LogP contribution in [0.25, 0.3) is 0 Å². The maximum atomic E-state index is 13.1. The van der Waals surface area contributed by atoms with E-state index in [1.807, 2.05) is 60.3 Å². The molecule has 2 aromatic rings. The second kappa shape index (κ2) is 8.01. The van der Waals surface area contributed by atoms with E-state index in [2.05, 4.69) is 31.1 Å². The smallest absolute Gasteiger partial charge is 0.254 e. The van der Waals surface area contributed by atoms with E-state index in [0.29, 0.717) is 6.04 Å². The number of methoxy groups -OCH3 is 1. The Hall–Kier alpha value is -2.53. The van der Waals surface area contributed by atoms with Gasteiger partial charge in [-0.25, -0.2) is 0 Å². The molecule has 0 aromatic heterocycles. The van der Waals surface area contributed by atoms with Crippen LogP contribution in [0.15, 0.2) is 48.5 Å². The van der Waals surface area contributed by atoms with Gasteiger partial charge in [0.15, 0.2) is 0 Å². The highest BCUT2D eigenvalue weighted by Gasteiger charge is 2.37. The van der Waals surface area contributed by atoms with Crippen molar-refractivity contribution in [3.63, 3.8) is 0 Å². The zero-order valence-electron chi connectivity index (χ0n) is 16.8. The Morgan fingerprint density at radius 1 is 1.04 bits per heavy atom. The fourth-order valence-corrected chi connectivity index (χ4v) is 3.75. The van der Waals surface area contributed by atoms with Crippen LogP contribution in [0.1, 0.15) is 21.8 Å². The van der Waals surface area contributed by atoms with Crippen molar-refractivity contribution in [1.29, 1.82) is 0 Å². The number of hydrogen-bond donors (Lipinski definition) is 0. The van der Waals surface area contributed by atoms with Gasteiger partial charge in [0.2, 0.25) is 0 Å². The predicted molar refractivity (Wildman–Crippen MR) is 110 cm³/mol. The fourth-order valence-electron chi connectivity index (χ4n) is 3.75. The van der Waals surface area contributed by atoms with Crippen molar-refractivity contribution in [3.05, 3.63) is 59.7 Å². The van der Waals surface area contributed by atoms with Gasteiger partial charge in [0.05, 0.1) is 7.11 Å². The Bertz CT molecular complexity index is 786. The SMILES string of the molecule is COc1ccc(C2CN(C(=O)c3cccc(N(C)C)c3)CC2N(C)C)cc1. The van der Waals surface area contributed by atoms with Crippen LogP contribution in [0, 0.1) is 0 Å². The number of hydrogen-bond acceptors (Lipinski definition) is 4. The van der Waals surface area contributed by atoms with Crippen molar-refractivity contribution in [2.24, 2.45) is 0 Å². The van der Waals surface area contributed by atoms with Crippen LogP contribution in [0.4, 0.5) is 5.69 Å². The fraction of sp³-hybridized carbons (Fsp3) is 0.409. The van der Waals surface area contributed by atoms with Gasteiger partial charge in [-0.05, 0) is 50.0 Å². The van der Waals surface area contributed by atoms with Crippen LogP contribution >= 0.6 is 0 Å². The third-order valence-corrected chi connectivity index (χ3v) is 5.39. The van der Waals surface area contributed by atoms with E-state index < -0.39 is 0 Å². The summed E-state index contributed by atoms with van der Waals surface area (Å²) in [6, 6.07) is 16.3. The van der Waals surface area contributed by atoms with Gasteiger partial charge in [0.1, 0.15) is 5.75 Å². The van der Waals surface area contributed by atoms with Gasteiger partial charge in [0.25, 0.3) is 5.91 Å². The molecule has 0 aliphatic carbocycles. The van der Waals surface area contributed by atoms with E-state index in [1.54, 1.807) is 7.11 Å². The molecule has 2 aromatic carbocycles. The molecule has 0 bridgehead atoms. The maximum Gasteiger partial charge on any atom is 0.254 e. The van der Waals surface area contributed by atoms with Crippen molar-refractivity contribution >= 4 is 11.6 Å². The lowest BCUT2D eigenvalue weighted by Gasteiger charge is -2.25. The maximum absolute atomic E-state index is 13.1. The first-order valence-corrected chi connectivity index (χ1v) is 9.27. The van der Waals surface area contributed by atoms with E-state index in [1.165, 1.54) is 5.56 Å². The number of nitrogens with zero attached hydrogens (tertiary/aromatic N) is 3. The standard InChI is InChI=1S/C22H29N3O2/c1-23(2)18-8-6-7-17(13-18)22(26)25-14-20(21(15-25)24(3)4)16-9-11-19(27-5)12-10-16/h6-13,20-21H,14-15H2,1-5H3. The van der Waals surface area contributed by atoms with E-state index in [0.717, 1.165) is 30.1 Å². The summed E-state index contributed by atoms with van der Waals surface area (Å²) in [7, 11) is 9.82. The number of carbonyl (C=O) groups excluding carboxylic acids is 1. The molecule has 5 heteroatoms. The van der Waals surface area contributed by atoms with E-state index >= 15 is 0 Å². The Labute approximate surface area is 162 Å². The second-order valence-corrected chi connectivity index (χ2v) is 7.57. The second-order valence-electron chi connectivity index (χ2n) is 7.57. The molecule has 5 nitrogen and oxygen atoms in total. The molecule has 0 N–H and O–H groups in total. The average Bonchev–Trinajstić information content (AvgIpc) is 3.13. The molecule has 1 heterocycles. The number of benzene rings is 2. The van der Waals surface area contributed by atoms with Crippen LogP contribution in [0.3, 0.4) is 0 Å². The number of carbonyl (C=O) groups is 1. The minimum atomic E-state index is 0.0987. The lowest BCUT2D eigenvalue weighted by molar-refractivity contribution is 0.0782. The molecule has 1 aliphatic heterocycles. The Morgan fingerprint density at radius 2 is 1.74 bits per heavy atom. The van der Waals surface area contributed by atoms with Gasteiger partial charge in [-0.1, -0.05) is 18.2 Å². The third-order valence-electron chi connectivity index (χ3n) is 5.39. The molecule has 2 atom stereocenters. The van der Waals surface area contributed by atoms with Crippen LogP contribution < -0.4 is 9.64 Å². The summed E-state index contributed by atoms with van der Waals surface area (Å²) in [5.74, 6) is 1.24. The quantitative estimate of drug-likeness (QED) is 0.814. The zero-order chi connectivity index (χ0) is 19.6. The van der Waals surface area contributed by atoms with E-state index in [4.69, 9.17) is 4.74 Å². The van der Waals surface area contributed by atoms with Crippen molar-refractivity contribution < 1.29 is 9.53 Å². The van der Waals surface area contributed by atoms with Crippen molar-refractivity contribution in [3.8, 4) is 5.75 Å². The first-order chi connectivity index (χ1) is 12.9. The molecule has 2 unspecified atom stereocenters. The van der Waals surface area contributed by atoms with Crippen molar-refractivity contribution in [1.82, 2.24) is 9.80 Å². The molecule has 1 fully saturated rings. The normalized spacial score (nSPS) is 19.4. The van der Waals surface area contributed by atoms with Crippen LogP contribution in [-0.2, 0) is 0 Å². The van der Waals surface area contributed by atoms with Crippen LogP contribution in [0.2, 0.25) is 0 Å². The molecule has 0 spiro atoms. The Balaban J connectivity index is 1.83. The summed E-state index contributed by atoms with van der Waals surface area (Å²) in [5, 5.41) is 0. The van der Waals surface area contributed by atoms with Crippen LogP contribution in [0.5, 0.6) is 5.75 Å². The molecular weight excluding hydrogens is 338 g/mol. The number of likely N-dealkylation sites (tertiary alicyclic amines) is 1. The lowest BCUT2D eigenvalue weighted by atomic mass is 9.93. The molecule has 1 amide bonds. The van der Waals surface area contributed by atoms with Gasteiger partial charge in [-0.2, -0.15) is 0 Å². The van der Waals surface area contributed by atoms with E-state index in [-0.39, 0.29) is 11.8 Å². The molecule has 144 valence electrons. The van der Waals surface area contributed by atoms with Crippen molar-refractivity contribution in [2.75, 3.05) is 53.3 Å². The largest absolute Gasteiger partial charge is 0.497 e. The monoisotopic (exact) mass is 367 g/mol. The van der Waals surface area contributed by atoms with Gasteiger partial charge in [-0.15, -0.1) is 0 Å². The third kappa shape index (κ3) is 4.08. The highest BCUT2D eigenvalue weighted by atomic mass is 16.5. The molecule has 0 radical (unpaired) electrons. The average molecular weight is 367 g/mol. The highest BCUT2D eigenvalue weighted by molar-refractivity contribution is 5.95. The highest BCUT2D eigenvalue weighted by Crippen LogP contribution is 2.32.